The zero-order valence-electron chi connectivity index (χ0n) is 26.5. The molecule has 1 unspecified atom stereocenters. The first-order chi connectivity index (χ1) is 22.5. The molecule has 1 N–H and O–H groups in total. The van der Waals surface area contributed by atoms with Crippen LogP contribution in [0, 0.1) is 19.7 Å². The van der Waals surface area contributed by atoms with Crippen molar-refractivity contribution < 1.29 is 22.4 Å². The number of benzene rings is 4. The summed E-state index contributed by atoms with van der Waals surface area (Å²) in [5.41, 5.74) is 3.17. The fourth-order valence-corrected chi connectivity index (χ4v) is 7.55. The van der Waals surface area contributed by atoms with E-state index in [0.717, 1.165) is 41.1 Å². The second-order valence-corrected chi connectivity index (χ2v) is 14.4. The Labute approximate surface area is 281 Å². The minimum Gasteiger partial charge on any atom is -0.352 e. The van der Waals surface area contributed by atoms with Gasteiger partial charge in [-0.25, -0.2) is 12.8 Å². The summed E-state index contributed by atoms with van der Waals surface area (Å²) in [5.74, 6) is -1.34. The Morgan fingerprint density at radius 3 is 2.21 bits per heavy atom. The first-order valence-electron chi connectivity index (χ1n) is 15.7. The number of aryl methyl sites for hydroxylation is 2. The van der Waals surface area contributed by atoms with Crippen molar-refractivity contribution in [3.63, 3.8) is 0 Å². The molecule has 47 heavy (non-hydrogen) atoms. The summed E-state index contributed by atoms with van der Waals surface area (Å²) in [6.07, 6.45) is 3.93. The average molecular weight is 676 g/mol. The maximum absolute atomic E-state index is 14.6. The van der Waals surface area contributed by atoms with Gasteiger partial charge in [0.05, 0.1) is 10.6 Å². The third kappa shape index (κ3) is 8.58. The first kappa shape index (κ1) is 34.1. The number of hydrogen-bond acceptors (Lipinski definition) is 4. The fraction of sp³-hybridized carbons (Fsp3) is 0.297. The van der Waals surface area contributed by atoms with Crippen molar-refractivity contribution in [2.24, 2.45) is 0 Å². The lowest BCUT2D eigenvalue weighted by Gasteiger charge is -2.34. The van der Waals surface area contributed by atoms with Crippen molar-refractivity contribution in [2.45, 2.75) is 69.5 Å². The van der Waals surface area contributed by atoms with E-state index in [0.29, 0.717) is 16.1 Å². The van der Waals surface area contributed by atoms with Crippen molar-refractivity contribution in [2.75, 3.05) is 10.8 Å². The highest BCUT2D eigenvalue weighted by Gasteiger charge is 2.36. The number of anilines is 1. The molecule has 0 spiro atoms. The van der Waals surface area contributed by atoms with Gasteiger partial charge in [0.15, 0.2) is 0 Å². The van der Waals surface area contributed by atoms with Gasteiger partial charge in [0, 0.05) is 24.0 Å². The van der Waals surface area contributed by atoms with Crippen LogP contribution in [-0.2, 0) is 32.6 Å². The molecule has 0 saturated heterocycles. The molecule has 0 aliphatic heterocycles. The number of rotatable bonds is 12. The standard InChI is InChI=1S/C37H39ClFN3O4S/c1-26-12-20-33(21-13-26)47(45,46)42(34-23-30(38)17-14-27(34)2)25-36(43)41(24-29-15-18-31(39)19-16-29)35(22-28-8-4-3-5-9-28)37(44)40-32-10-6-7-11-32/h3-5,8-9,12-21,23,32,35H,6-7,10-11,22,24-25H2,1-2H3,(H,40,44). The van der Waals surface area contributed by atoms with Gasteiger partial charge in [-0.2, -0.15) is 0 Å². The summed E-state index contributed by atoms with van der Waals surface area (Å²) in [4.78, 5) is 30.1. The number of amides is 2. The highest BCUT2D eigenvalue weighted by Crippen LogP contribution is 2.30. The topological polar surface area (TPSA) is 86.8 Å². The molecule has 1 atom stereocenters. The Balaban J connectivity index is 1.58. The molecule has 0 heterocycles. The van der Waals surface area contributed by atoms with E-state index in [2.05, 4.69) is 5.32 Å². The van der Waals surface area contributed by atoms with Gasteiger partial charge in [0.25, 0.3) is 10.0 Å². The number of nitrogens with one attached hydrogen (secondary N) is 1. The predicted octanol–water partition coefficient (Wildman–Crippen LogP) is 6.99. The molecule has 0 aromatic heterocycles. The molecule has 7 nitrogen and oxygen atoms in total. The Morgan fingerprint density at radius 2 is 1.55 bits per heavy atom. The number of hydrogen-bond donors (Lipinski definition) is 1. The second kappa shape index (κ2) is 15.1. The number of nitrogens with zero attached hydrogens (tertiary/aromatic N) is 2. The van der Waals surface area contributed by atoms with Crippen molar-refractivity contribution in [1.29, 1.82) is 0 Å². The van der Waals surface area contributed by atoms with Crippen molar-refractivity contribution in [1.82, 2.24) is 10.2 Å². The molecule has 4 aromatic carbocycles. The lowest BCUT2D eigenvalue weighted by Crippen LogP contribution is -2.54. The molecule has 246 valence electrons. The molecule has 1 saturated carbocycles. The molecule has 10 heteroatoms. The fourth-order valence-electron chi connectivity index (χ4n) is 5.91. The van der Waals surface area contributed by atoms with Crippen LogP contribution in [0.25, 0.3) is 0 Å². The van der Waals surface area contributed by atoms with Crippen LogP contribution in [-0.4, -0.2) is 43.8 Å². The SMILES string of the molecule is Cc1ccc(S(=O)(=O)N(CC(=O)N(Cc2ccc(F)cc2)C(Cc2ccccc2)C(=O)NC2CCCC2)c2cc(Cl)ccc2C)cc1. The molecule has 1 aliphatic rings. The van der Waals surface area contributed by atoms with Crippen LogP contribution in [0.4, 0.5) is 10.1 Å². The van der Waals surface area contributed by atoms with E-state index in [1.807, 2.05) is 37.3 Å². The normalized spacial score (nSPS) is 14.0. The second-order valence-electron chi connectivity index (χ2n) is 12.1. The van der Waals surface area contributed by atoms with Gasteiger partial charge in [-0.1, -0.05) is 90.7 Å². The number of carbonyl (C=O) groups is 2. The molecule has 2 amide bonds. The molecular weight excluding hydrogens is 637 g/mol. The average Bonchev–Trinajstić information content (AvgIpc) is 3.57. The Bertz CT molecular complexity index is 1800. The lowest BCUT2D eigenvalue weighted by molar-refractivity contribution is -0.140. The van der Waals surface area contributed by atoms with Crippen molar-refractivity contribution in [3.8, 4) is 0 Å². The van der Waals surface area contributed by atoms with Crippen LogP contribution >= 0.6 is 11.6 Å². The van der Waals surface area contributed by atoms with Gasteiger partial charge in [-0.05, 0) is 79.8 Å². The van der Waals surface area contributed by atoms with Crippen LogP contribution in [0.3, 0.4) is 0 Å². The quantitative estimate of drug-likeness (QED) is 0.175. The van der Waals surface area contributed by atoms with E-state index in [1.165, 1.54) is 35.2 Å². The highest BCUT2D eigenvalue weighted by atomic mass is 35.5. The van der Waals surface area contributed by atoms with Crippen molar-refractivity contribution >= 4 is 39.1 Å². The maximum atomic E-state index is 14.6. The van der Waals surface area contributed by atoms with E-state index in [4.69, 9.17) is 11.6 Å². The molecule has 0 radical (unpaired) electrons. The van der Waals surface area contributed by atoms with E-state index >= 15 is 0 Å². The molecular formula is C37H39ClFN3O4S. The Hall–Kier alpha value is -4.21. The maximum Gasteiger partial charge on any atom is 0.264 e. The van der Waals surface area contributed by atoms with E-state index in [1.54, 1.807) is 43.3 Å². The number of carbonyl (C=O) groups excluding carboxylic acids is 2. The summed E-state index contributed by atoms with van der Waals surface area (Å²) in [5, 5.41) is 3.46. The summed E-state index contributed by atoms with van der Waals surface area (Å²) in [6.45, 7) is 2.97. The lowest BCUT2D eigenvalue weighted by atomic mass is 10.0. The van der Waals surface area contributed by atoms with Gasteiger partial charge >= 0.3 is 0 Å². The third-order valence-corrected chi connectivity index (χ3v) is 10.6. The highest BCUT2D eigenvalue weighted by molar-refractivity contribution is 7.92. The smallest absolute Gasteiger partial charge is 0.264 e. The zero-order valence-corrected chi connectivity index (χ0v) is 28.1. The Morgan fingerprint density at radius 1 is 0.894 bits per heavy atom. The summed E-state index contributed by atoms with van der Waals surface area (Å²) < 4.78 is 43.5. The van der Waals surface area contributed by atoms with Gasteiger partial charge in [0.1, 0.15) is 18.4 Å². The summed E-state index contributed by atoms with van der Waals surface area (Å²) in [7, 11) is -4.26. The summed E-state index contributed by atoms with van der Waals surface area (Å²) >= 11 is 6.36. The monoisotopic (exact) mass is 675 g/mol. The molecule has 1 fully saturated rings. The van der Waals surface area contributed by atoms with E-state index in [-0.39, 0.29) is 35.5 Å². The van der Waals surface area contributed by atoms with Crippen LogP contribution in [0.15, 0.2) is 102 Å². The minimum absolute atomic E-state index is 0.00364. The van der Waals surface area contributed by atoms with Crippen LogP contribution in [0.2, 0.25) is 5.02 Å². The molecule has 5 rings (SSSR count). The third-order valence-electron chi connectivity index (χ3n) is 8.57. The van der Waals surface area contributed by atoms with Gasteiger partial charge < -0.3 is 10.2 Å². The predicted molar refractivity (Wildman–Crippen MR) is 183 cm³/mol. The van der Waals surface area contributed by atoms with Gasteiger partial charge in [-0.3, -0.25) is 13.9 Å². The molecule has 1 aliphatic carbocycles. The largest absolute Gasteiger partial charge is 0.352 e. The van der Waals surface area contributed by atoms with Crippen LogP contribution in [0.1, 0.15) is 47.9 Å². The zero-order chi connectivity index (χ0) is 33.6. The molecule has 4 aromatic rings. The van der Waals surface area contributed by atoms with Crippen molar-refractivity contribution in [3.05, 3.63) is 130 Å². The van der Waals surface area contributed by atoms with E-state index < -0.39 is 34.3 Å². The van der Waals surface area contributed by atoms with Crippen LogP contribution in [0.5, 0.6) is 0 Å². The molecule has 0 bridgehead atoms. The number of halogens is 2. The van der Waals surface area contributed by atoms with Gasteiger partial charge in [-0.15, -0.1) is 0 Å². The minimum atomic E-state index is -4.26. The Kier molecular flexibility index (Phi) is 11.0. The van der Waals surface area contributed by atoms with Gasteiger partial charge in [0.2, 0.25) is 11.8 Å². The number of sulfonamides is 1. The van der Waals surface area contributed by atoms with Crippen LogP contribution < -0.4 is 9.62 Å². The van der Waals surface area contributed by atoms with E-state index in [9.17, 15) is 22.4 Å². The summed E-state index contributed by atoms with van der Waals surface area (Å²) in [6, 6.07) is 25.4. The first-order valence-corrected chi connectivity index (χ1v) is 17.6.